The fourth-order valence-electron chi connectivity index (χ4n) is 2.89. The molecule has 76 valence electrons. The van der Waals surface area contributed by atoms with Crippen LogP contribution in [-0.4, -0.2) is 24.5 Å². The van der Waals surface area contributed by atoms with Crippen LogP contribution in [-0.2, 0) is 9.53 Å². The third-order valence-electron chi connectivity index (χ3n) is 3.58. The number of fused-ring (bicyclic) bond motifs is 2. The maximum atomic E-state index is 12.0. The van der Waals surface area contributed by atoms with Crippen molar-refractivity contribution in [1.29, 1.82) is 0 Å². The van der Waals surface area contributed by atoms with Gasteiger partial charge in [-0.25, -0.2) is 0 Å². The van der Waals surface area contributed by atoms with Crippen molar-refractivity contribution in [2.75, 3.05) is 6.61 Å². The van der Waals surface area contributed by atoms with Crippen molar-refractivity contribution in [3.8, 4) is 0 Å². The maximum absolute atomic E-state index is 12.0. The average Bonchev–Trinajstić information content (AvgIpc) is 2.93. The van der Waals surface area contributed by atoms with Crippen LogP contribution >= 0.6 is 0 Å². The summed E-state index contributed by atoms with van der Waals surface area (Å²) in [6, 6.07) is 1.02. The van der Waals surface area contributed by atoms with E-state index in [1.807, 2.05) is 6.08 Å². The van der Waals surface area contributed by atoms with Crippen LogP contribution in [0.5, 0.6) is 0 Å². The first-order chi connectivity index (χ1) is 6.84. The van der Waals surface area contributed by atoms with Gasteiger partial charge in [-0.2, -0.15) is 0 Å². The first-order valence-electron chi connectivity index (χ1n) is 5.48. The molecule has 3 heterocycles. The highest BCUT2D eigenvalue weighted by Gasteiger charge is 2.44. The fraction of sp³-hybridized carbons (Fsp3) is 0.727. The molecule has 3 rings (SSSR count). The number of carbonyl (C=O) groups is 1. The van der Waals surface area contributed by atoms with Gasteiger partial charge in [0.05, 0.1) is 6.61 Å². The second-order valence-electron chi connectivity index (χ2n) is 4.46. The van der Waals surface area contributed by atoms with Crippen LogP contribution in [0.2, 0.25) is 0 Å². The van der Waals surface area contributed by atoms with Crippen LogP contribution in [0.1, 0.15) is 25.7 Å². The third kappa shape index (κ3) is 1.19. The van der Waals surface area contributed by atoms with E-state index >= 15 is 0 Å². The minimum Gasteiger partial charge on any atom is -0.490 e. The lowest BCUT2D eigenvalue weighted by atomic mass is 9.85. The van der Waals surface area contributed by atoms with Gasteiger partial charge in [-0.15, -0.1) is 0 Å². The number of nitrogens with one attached hydrogen (secondary N) is 1. The Morgan fingerprint density at radius 3 is 3.00 bits per heavy atom. The van der Waals surface area contributed by atoms with Gasteiger partial charge < -0.3 is 10.1 Å². The normalized spacial score (nSPS) is 39.7. The summed E-state index contributed by atoms with van der Waals surface area (Å²) in [5.41, 5.74) is 0. The van der Waals surface area contributed by atoms with Crippen LogP contribution in [0.25, 0.3) is 0 Å². The highest BCUT2D eigenvalue weighted by Crippen LogP contribution is 2.35. The third-order valence-corrected chi connectivity index (χ3v) is 3.58. The zero-order valence-electron chi connectivity index (χ0n) is 8.16. The van der Waals surface area contributed by atoms with E-state index < -0.39 is 0 Å². The molecule has 3 aliphatic heterocycles. The minimum absolute atomic E-state index is 0.193. The molecule has 0 spiro atoms. The van der Waals surface area contributed by atoms with Gasteiger partial charge in [-0.05, 0) is 25.3 Å². The van der Waals surface area contributed by atoms with Gasteiger partial charge in [-0.1, -0.05) is 0 Å². The number of rotatable bonds is 2. The van der Waals surface area contributed by atoms with E-state index in [1.54, 1.807) is 0 Å². The molecule has 2 bridgehead atoms. The standard InChI is InChI=1S/C11H15NO2/c13-11(10-2-1-5-14-10)8-6-7-3-4-9(8)12-7/h2,7-9,12H,1,3-6H2. The molecule has 14 heavy (non-hydrogen) atoms. The summed E-state index contributed by atoms with van der Waals surface area (Å²) >= 11 is 0. The number of ether oxygens (including phenoxy) is 1. The average molecular weight is 193 g/mol. The van der Waals surface area contributed by atoms with Crippen molar-refractivity contribution in [2.24, 2.45) is 5.92 Å². The quantitative estimate of drug-likeness (QED) is 0.711. The van der Waals surface area contributed by atoms with E-state index in [0.717, 1.165) is 19.3 Å². The Bertz CT molecular complexity index is 298. The SMILES string of the molecule is O=C(C1=CCCO1)C1CC2CCC1N2. The summed E-state index contributed by atoms with van der Waals surface area (Å²) in [5, 5.41) is 3.48. The van der Waals surface area contributed by atoms with Gasteiger partial charge in [0.25, 0.3) is 0 Å². The molecule has 3 heteroatoms. The summed E-state index contributed by atoms with van der Waals surface area (Å²) in [7, 11) is 0. The van der Waals surface area contributed by atoms with Gasteiger partial charge in [0.15, 0.2) is 5.76 Å². The summed E-state index contributed by atoms with van der Waals surface area (Å²) in [6.45, 7) is 0.690. The molecule has 3 unspecified atom stereocenters. The Morgan fingerprint density at radius 1 is 1.50 bits per heavy atom. The van der Waals surface area contributed by atoms with E-state index in [9.17, 15) is 4.79 Å². The molecule has 0 aromatic rings. The van der Waals surface area contributed by atoms with E-state index in [1.165, 1.54) is 6.42 Å². The van der Waals surface area contributed by atoms with Gasteiger partial charge in [0.2, 0.25) is 5.78 Å². The highest BCUT2D eigenvalue weighted by molar-refractivity contribution is 5.96. The molecule has 3 atom stereocenters. The molecule has 2 fully saturated rings. The van der Waals surface area contributed by atoms with Crippen molar-refractivity contribution in [1.82, 2.24) is 5.32 Å². The van der Waals surface area contributed by atoms with Gasteiger partial charge in [0.1, 0.15) is 0 Å². The first kappa shape index (κ1) is 8.48. The van der Waals surface area contributed by atoms with Gasteiger partial charge in [0, 0.05) is 24.4 Å². The summed E-state index contributed by atoms with van der Waals surface area (Å²) in [5.74, 6) is 1.06. The smallest absolute Gasteiger partial charge is 0.201 e. The summed E-state index contributed by atoms with van der Waals surface area (Å²) < 4.78 is 5.32. The molecule has 0 aromatic carbocycles. The molecule has 0 amide bonds. The topological polar surface area (TPSA) is 38.3 Å². The lowest BCUT2D eigenvalue weighted by molar-refractivity contribution is -0.122. The molecular formula is C11H15NO2. The largest absolute Gasteiger partial charge is 0.490 e. The molecule has 0 saturated carbocycles. The Balaban J connectivity index is 1.74. The zero-order chi connectivity index (χ0) is 9.54. The predicted molar refractivity (Wildman–Crippen MR) is 51.7 cm³/mol. The van der Waals surface area contributed by atoms with Crippen LogP contribution in [0.15, 0.2) is 11.8 Å². The Morgan fingerprint density at radius 2 is 2.43 bits per heavy atom. The molecule has 0 aliphatic carbocycles. The van der Waals surface area contributed by atoms with Crippen LogP contribution in [0, 0.1) is 5.92 Å². The van der Waals surface area contributed by atoms with Crippen molar-refractivity contribution in [3.05, 3.63) is 11.8 Å². The lowest BCUT2D eigenvalue weighted by Crippen LogP contribution is -2.29. The lowest BCUT2D eigenvalue weighted by Gasteiger charge is -2.18. The number of hydrogen-bond acceptors (Lipinski definition) is 3. The highest BCUT2D eigenvalue weighted by atomic mass is 16.5. The number of hydrogen-bond donors (Lipinski definition) is 1. The van der Waals surface area contributed by atoms with E-state index in [4.69, 9.17) is 4.74 Å². The Hall–Kier alpha value is -0.830. The molecule has 2 saturated heterocycles. The second kappa shape index (κ2) is 3.09. The second-order valence-corrected chi connectivity index (χ2v) is 4.46. The van der Waals surface area contributed by atoms with Crippen molar-refractivity contribution in [2.45, 2.75) is 37.8 Å². The molecule has 1 N–H and O–H groups in total. The number of Topliss-reactive ketones (excluding diaryl/α,β-unsaturated/α-hetero) is 1. The van der Waals surface area contributed by atoms with Crippen molar-refractivity contribution < 1.29 is 9.53 Å². The number of carbonyl (C=O) groups excluding carboxylic acids is 1. The van der Waals surface area contributed by atoms with Crippen molar-refractivity contribution in [3.63, 3.8) is 0 Å². The van der Waals surface area contributed by atoms with Gasteiger partial charge in [-0.3, -0.25) is 4.79 Å². The number of ketones is 1. The van der Waals surface area contributed by atoms with E-state index in [2.05, 4.69) is 5.32 Å². The summed E-state index contributed by atoms with van der Waals surface area (Å²) in [4.78, 5) is 12.0. The Kier molecular flexibility index (Phi) is 1.87. The van der Waals surface area contributed by atoms with Crippen LogP contribution in [0.3, 0.4) is 0 Å². The predicted octanol–water partition coefficient (Wildman–Crippen LogP) is 1.00. The fourth-order valence-corrected chi connectivity index (χ4v) is 2.89. The van der Waals surface area contributed by atoms with Crippen molar-refractivity contribution >= 4 is 5.78 Å². The molecule has 0 radical (unpaired) electrons. The molecule has 0 aromatic heterocycles. The monoisotopic (exact) mass is 193 g/mol. The zero-order valence-corrected chi connectivity index (χ0v) is 8.16. The maximum Gasteiger partial charge on any atom is 0.201 e. The molecule has 3 aliphatic rings. The van der Waals surface area contributed by atoms with Crippen LogP contribution < -0.4 is 5.32 Å². The Labute approximate surface area is 83.5 Å². The van der Waals surface area contributed by atoms with Crippen LogP contribution in [0.4, 0.5) is 0 Å². The molecule has 3 nitrogen and oxygen atoms in total. The number of allylic oxidation sites excluding steroid dienone is 1. The van der Waals surface area contributed by atoms with E-state index in [0.29, 0.717) is 24.4 Å². The first-order valence-corrected chi connectivity index (χ1v) is 5.48. The van der Waals surface area contributed by atoms with E-state index in [-0.39, 0.29) is 11.7 Å². The summed E-state index contributed by atoms with van der Waals surface area (Å²) in [6.07, 6.45) is 6.26. The molecular weight excluding hydrogens is 178 g/mol. The minimum atomic E-state index is 0.193. The van der Waals surface area contributed by atoms with Gasteiger partial charge >= 0.3 is 0 Å².